The molecule has 21 heavy (non-hydrogen) atoms. The van der Waals surface area contributed by atoms with Gasteiger partial charge < -0.3 is 0 Å². The van der Waals surface area contributed by atoms with E-state index in [2.05, 4.69) is 10.8 Å². The molecule has 2 rings (SSSR count). The molecule has 0 aromatic heterocycles. The highest BCUT2D eigenvalue weighted by Gasteiger charge is 2.36. The Hall–Kier alpha value is -1.45. The van der Waals surface area contributed by atoms with Crippen molar-refractivity contribution in [2.45, 2.75) is 55.9 Å². The average Bonchev–Trinajstić information content (AvgIpc) is 2.64. The van der Waals surface area contributed by atoms with E-state index in [4.69, 9.17) is 0 Å². The molecule has 1 N–H and O–H groups in total. The average molecular weight is 310 g/mol. The predicted octanol–water partition coefficient (Wildman–Crippen LogP) is 3.03. The smallest absolute Gasteiger partial charge is 0.207 e. The first-order chi connectivity index (χ1) is 9.88. The van der Waals surface area contributed by atoms with Gasteiger partial charge in [0.05, 0.1) is 11.0 Å². The predicted molar refractivity (Wildman–Crippen MR) is 77.5 cm³/mol. The minimum absolute atomic E-state index is 0.0303. The number of hydrogen-bond acceptors (Lipinski definition) is 3. The number of halogens is 1. The third-order valence-electron chi connectivity index (χ3n) is 3.93. The number of sulfonamides is 1. The van der Waals surface area contributed by atoms with Crippen molar-refractivity contribution in [2.75, 3.05) is 0 Å². The first-order valence-electron chi connectivity index (χ1n) is 7.10. The third kappa shape index (κ3) is 3.60. The molecule has 1 aromatic rings. The summed E-state index contributed by atoms with van der Waals surface area (Å²) in [5, 5.41) is 9.45. The van der Waals surface area contributed by atoms with E-state index in [1.807, 2.05) is 0 Å². The molecule has 0 aliphatic heterocycles. The lowest BCUT2D eigenvalue weighted by Crippen LogP contribution is -2.47. The van der Waals surface area contributed by atoms with E-state index in [1.165, 1.54) is 12.1 Å². The zero-order valence-electron chi connectivity index (χ0n) is 12.0. The molecule has 0 amide bonds. The van der Waals surface area contributed by atoms with E-state index in [0.717, 1.165) is 31.7 Å². The summed E-state index contributed by atoms with van der Waals surface area (Å²) in [7, 11) is -3.83. The van der Waals surface area contributed by atoms with Crippen molar-refractivity contribution < 1.29 is 12.8 Å². The first kappa shape index (κ1) is 15.9. The van der Waals surface area contributed by atoms with E-state index < -0.39 is 21.4 Å². The van der Waals surface area contributed by atoms with E-state index >= 15 is 0 Å². The van der Waals surface area contributed by atoms with Crippen LogP contribution in [0.5, 0.6) is 0 Å². The molecular formula is C15H19FN2O2S. The van der Waals surface area contributed by atoms with Crippen molar-refractivity contribution in [3.63, 3.8) is 0 Å². The molecule has 4 nitrogen and oxygen atoms in total. The Bertz CT molecular complexity index is 657. The van der Waals surface area contributed by atoms with Crippen LogP contribution in [0.3, 0.4) is 0 Å². The lowest BCUT2D eigenvalue weighted by molar-refractivity contribution is 0.422. The van der Waals surface area contributed by atoms with Gasteiger partial charge in [-0.25, -0.2) is 12.8 Å². The largest absolute Gasteiger partial charge is 0.242 e. The van der Waals surface area contributed by atoms with Gasteiger partial charge in [-0.2, -0.15) is 9.98 Å². The minimum Gasteiger partial charge on any atom is -0.207 e. The summed E-state index contributed by atoms with van der Waals surface area (Å²) in [4.78, 5) is 0.0303. The Kier molecular flexibility index (Phi) is 4.64. The third-order valence-corrected chi connectivity index (χ3v) is 5.62. The Morgan fingerprint density at radius 3 is 2.38 bits per heavy atom. The monoisotopic (exact) mass is 310 g/mol. The molecule has 1 fully saturated rings. The van der Waals surface area contributed by atoms with Gasteiger partial charge in [0.1, 0.15) is 11.4 Å². The van der Waals surface area contributed by atoms with Gasteiger partial charge in [0.15, 0.2) is 0 Å². The van der Waals surface area contributed by atoms with Crippen molar-refractivity contribution in [2.24, 2.45) is 0 Å². The molecule has 1 aliphatic rings. The van der Waals surface area contributed by atoms with Crippen LogP contribution in [-0.4, -0.2) is 14.0 Å². The number of benzene rings is 1. The van der Waals surface area contributed by atoms with Crippen LogP contribution in [-0.2, 0) is 10.0 Å². The number of rotatable bonds is 3. The maximum atomic E-state index is 13.1. The van der Waals surface area contributed by atoms with Gasteiger partial charge in [0.25, 0.3) is 0 Å². The van der Waals surface area contributed by atoms with Gasteiger partial charge in [-0.3, -0.25) is 0 Å². The van der Waals surface area contributed by atoms with Crippen LogP contribution in [0.2, 0.25) is 0 Å². The second-order valence-electron chi connectivity index (χ2n) is 5.62. The molecule has 0 atom stereocenters. The number of nitrogens with zero attached hydrogens (tertiary/aromatic N) is 1. The minimum atomic E-state index is -3.83. The molecule has 1 saturated carbocycles. The van der Waals surface area contributed by atoms with Crippen molar-refractivity contribution >= 4 is 10.0 Å². The van der Waals surface area contributed by atoms with Gasteiger partial charge in [0, 0.05) is 0 Å². The van der Waals surface area contributed by atoms with E-state index in [1.54, 1.807) is 6.92 Å². The fourth-order valence-electron chi connectivity index (χ4n) is 2.80. The van der Waals surface area contributed by atoms with Crippen LogP contribution in [0.25, 0.3) is 0 Å². The molecule has 0 bridgehead atoms. The molecule has 0 heterocycles. The maximum Gasteiger partial charge on any atom is 0.242 e. The van der Waals surface area contributed by atoms with Crippen LogP contribution in [0.4, 0.5) is 4.39 Å². The Balaban J connectivity index is 2.33. The molecule has 0 spiro atoms. The van der Waals surface area contributed by atoms with E-state index in [-0.39, 0.29) is 4.90 Å². The molecule has 0 unspecified atom stereocenters. The van der Waals surface area contributed by atoms with Gasteiger partial charge in [-0.15, -0.1) is 0 Å². The summed E-state index contributed by atoms with van der Waals surface area (Å²) in [5.74, 6) is -0.476. The number of nitrogens with one attached hydrogen (secondary N) is 1. The number of hydrogen-bond donors (Lipinski definition) is 1. The molecular weight excluding hydrogens is 291 g/mol. The Morgan fingerprint density at radius 1 is 1.24 bits per heavy atom. The zero-order chi connectivity index (χ0) is 15.5. The molecule has 1 aromatic carbocycles. The molecule has 6 heteroatoms. The van der Waals surface area contributed by atoms with Crippen molar-refractivity contribution in [3.05, 3.63) is 29.6 Å². The lowest BCUT2D eigenvalue weighted by Gasteiger charge is -2.26. The summed E-state index contributed by atoms with van der Waals surface area (Å²) in [6, 6.07) is 5.69. The van der Waals surface area contributed by atoms with Gasteiger partial charge in [-0.05, 0) is 43.5 Å². The van der Waals surface area contributed by atoms with E-state index in [9.17, 15) is 18.1 Å². The fourth-order valence-corrected chi connectivity index (χ4v) is 4.40. The summed E-state index contributed by atoms with van der Waals surface area (Å²) in [5.41, 5.74) is -0.708. The Labute approximate surface area is 125 Å². The van der Waals surface area contributed by atoms with Crippen LogP contribution >= 0.6 is 0 Å². The second-order valence-corrected chi connectivity index (χ2v) is 7.27. The normalized spacial score (nSPS) is 18.7. The lowest BCUT2D eigenvalue weighted by atomic mass is 9.94. The quantitative estimate of drug-likeness (QED) is 0.872. The summed E-state index contributed by atoms with van der Waals surface area (Å²) < 4.78 is 40.7. The van der Waals surface area contributed by atoms with Crippen LogP contribution in [0.15, 0.2) is 23.1 Å². The highest BCUT2D eigenvalue weighted by molar-refractivity contribution is 7.89. The van der Waals surface area contributed by atoms with Crippen molar-refractivity contribution in [3.8, 4) is 6.07 Å². The standard InChI is InChI=1S/C15H19FN2O2S/c1-12-10-13(16)6-7-14(12)21(19,20)18-15(11-17)8-4-2-3-5-9-15/h6-7,10,18H,2-5,8-9H2,1H3. The zero-order valence-corrected chi connectivity index (χ0v) is 12.8. The van der Waals surface area contributed by atoms with Crippen molar-refractivity contribution in [1.82, 2.24) is 4.72 Å². The topological polar surface area (TPSA) is 70.0 Å². The SMILES string of the molecule is Cc1cc(F)ccc1S(=O)(=O)NC1(C#N)CCCCCC1. The van der Waals surface area contributed by atoms with Crippen LogP contribution < -0.4 is 4.72 Å². The van der Waals surface area contributed by atoms with Gasteiger partial charge in [-0.1, -0.05) is 25.7 Å². The van der Waals surface area contributed by atoms with Crippen molar-refractivity contribution in [1.29, 1.82) is 5.26 Å². The van der Waals surface area contributed by atoms with E-state index in [0.29, 0.717) is 18.4 Å². The molecule has 114 valence electrons. The molecule has 0 radical (unpaired) electrons. The van der Waals surface area contributed by atoms with Gasteiger partial charge >= 0.3 is 0 Å². The Morgan fingerprint density at radius 2 is 1.86 bits per heavy atom. The number of nitriles is 1. The summed E-state index contributed by atoms with van der Waals surface area (Å²) >= 11 is 0. The van der Waals surface area contributed by atoms with Gasteiger partial charge in [0.2, 0.25) is 10.0 Å². The number of aryl methyl sites for hydroxylation is 1. The van der Waals surface area contributed by atoms with Crippen LogP contribution in [0, 0.1) is 24.1 Å². The summed E-state index contributed by atoms with van der Waals surface area (Å²) in [6.45, 7) is 1.55. The second kappa shape index (κ2) is 6.12. The molecule has 1 aliphatic carbocycles. The molecule has 0 saturated heterocycles. The fraction of sp³-hybridized carbons (Fsp3) is 0.533. The summed E-state index contributed by atoms with van der Waals surface area (Å²) in [6.07, 6.45) is 4.73. The highest BCUT2D eigenvalue weighted by Crippen LogP contribution is 2.29. The van der Waals surface area contributed by atoms with Crippen LogP contribution in [0.1, 0.15) is 44.1 Å². The first-order valence-corrected chi connectivity index (χ1v) is 8.58. The highest BCUT2D eigenvalue weighted by atomic mass is 32.2. The maximum absolute atomic E-state index is 13.1.